The summed E-state index contributed by atoms with van der Waals surface area (Å²) in [6, 6.07) is 10.8. The third kappa shape index (κ3) is 4.16. The van der Waals surface area contributed by atoms with Gasteiger partial charge in [0.2, 0.25) is 5.95 Å². The molecule has 1 saturated carbocycles. The average Bonchev–Trinajstić information content (AvgIpc) is 3.40. The molecule has 0 radical (unpaired) electrons. The van der Waals surface area contributed by atoms with E-state index in [-0.39, 0.29) is 0 Å². The third-order valence-corrected chi connectivity index (χ3v) is 4.89. The summed E-state index contributed by atoms with van der Waals surface area (Å²) in [6.45, 7) is 4.32. The lowest BCUT2D eigenvalue weighted by Crippen LogP contribution is -2.16. The molecule has 0 amide bonds. The van der Waals surface area contributed by atoms with Crippen LogP contribution in [0.4, 0.5) is 17.5 Å². The number of benzene rings is 1. The van der Waals surface area contributed by atoms with Crippen LogP contribution in [0.25, 0.3) is 0 Å². The van der Waals surface area contributed by atoms with E-state index in [9.17, 15) is 0 Å². The smallest absolute Gasteiger partial charge is 0.225 e. The highest BCUT2D eigenvalue weighted by Crippen LogP contribution is 2.40. The molecule has 2 N–H and O–H groups in total. The summed E-state index contributed by atoms with van der Waals surface area (Å²) >= 11 is 1.73. The standard InChI is InChI=1S/C18H24N4S/c1-4-12(2)19-18-21-15(13-9-10-13)11-17(22-18)20-14-7-5-6-8-16(14)23-3/h5-8,11-13H,4,9-10H2,1-3H3,(H2,19,20,21,22)/t12-/m1/s1. The van der Waals surface area contributed by atoms with Gasteiger partial charge in [0, 0.05) is 22.9 Å². The van der Waals surface area contributed by atoms with E-state index in [1.165, 1.54) is 17.7 Å². The highest BCUT2D eigenvalue weighted by molar-refractivity contribution is 7.98. The lowest BCUT2D eigenvalue weighted by atomic mass is 10.2. The summed E-state index contributed by atoms with van der Waals surface area (Å²) in [4.78, 5) is 10.6. The Morgan fingerprint density at radius 3 is 2.74 bits per heavy atom. The molecule has 1 aliphatic rings. The lowest BCUT2D eigenvalue weighted by molar-refractivity contribution is 0.750. The van der Waals surface area contributed by atoms with Crippen LogP contribution in [0.5, 0.6) is 0 Å². The van der Waals surface area contributed by atoms with Crippen molar-refractivity contribution < 1.29 is 0 Å². The number of nitrogens with zero attached hydrogens (tertiary/aromatic N) is 2. The van der Waals surface area contributed by atoms with Crippen LogP contribution in [0.1, 0.15) is 44.7 Å². The molecule has 0 bridgehead atoms. The number of para-hydroxylation sites is 1. The van der Waals surface area contributed by atoms with Crippen LogP contribution in [-0.2, 0) is 0 Å². The van der Waals surface area contributed by atoms with Gasteiger partial charge in [-0.1, -0.05) is 19.1 Å². The van der Waals surface area contributed by atoms with Gasteiger partial charge in [0.05, 0.1) is 11.4 Å². The first-order chi connectivity index (χ1) is 11.2. The quantitative estimate of drug-likeness (QED) is 0.698. The molecule has 1 aromatic carbocycles. The van der Waals surface area contributed by atoms with Gasteiger partial charge >= 0.3 is 0 Å². The van der Waals surface area contributed by atoms with Gasteiger partial charge in [-0.2, -0.15) is 4.98 Å². The number of hydrogen-bond donors (Lipinski definition) is 2. The maximum absolute atomic E-state index is 4.70. The first kappa shape index (κ1) is 16.1. The highest BCUT2D eigenvalue weighted by Gasteiger charge is 2.26. The molecule has 0 unspecified atom stereocenters. The Bertz CT molecular complexity index is 670. The van der Waals surface area contributed by atoms with Crippen LogP contribution in [0, 0.1) is 0 Å². The summed E-state index contributed by atoms with van der Waals surface area (Å²) in [7, 11) is 0. The Kier molecular flexibility index (Phi) is 5.06. The minimum Gasteiger partial charge on any atom is -0.352 e. The Morgan fingerprint density at radius 1 is 1.26 bits per heavy atom. The molecule has 1 heterocycles. The second-order valence-electron chi connectivity index (χ2n) is 6.05. The molecule has 0 saturated heterocycles. The monoisotopic (exact) mass is 328 g/mol. The van der Waals surface area contributed by atoms with Gasteiger partial charge in [0.25, 0.3) is 0 Å². The van der Waals surface area contributed by atoms with Crippen molar-refractivity contribution in [3.63, 3.8) is 0 Å². The molecule has 0 spiro atoms. The van der Waals surface area contributed by atoms with Gasteiger partial charge in [0.1, 0.15) is 5.82 Å². The molecule has 3 rings (SSSR count). The number of aromatic nitrogens is 2. The molecule has 1 aliphatic carbocycles. The number of hydrogen-bond acceptors (Lipinski definition) is 5. The summed E-state index contributed by atoms with van der Waals surface area (Å²) in [5, 5.41) is 6.87. The van der Waals surface area contributed by atoms with Crippen molar-refractivity contribution in [2.75, 3.05) is 16.9 Å². The van der Waals surface area contributed by atoms with Crippen LogP contribution in [-0.4, -0.2) is 22.3 Å². The van der Waals surface area contributed by atoms with Crippen molar-refractivity contribution in [2.45, 2.75) is 50.0 Å². The molecular formula is C18H24N4S. The van der Waals surface area contributed by atoms with Crippen LogP contribution in [0.3, 0.4) is 0 Å². The Hall–Kier alpha value is -1.75. The van der Waals surface area contributed by atoms with E-state index < -0.39 is 0 Å². The zero-order valence-electron chi connectivity index (χ0n) is 14.0. The fraction of sp³-hybridized carbons (Fsp3) is 0.444. The van der Waals surface area contributed by atoms with E-state index in [1.54, 1.807) is 11.8 Å². The second kappa shape index (κ2) is 7.21. The number of anilines is 3. The molecule has 1 aromatic heterocycles. The minimum absolute atomic E-state index is 0.371. The zero-order valence-corrected chi connectivity index (χ0v) is 14.8. The Morgan fingerprint density at radius 2 is 2.04 bits per heavy atom. The first-order valence-corrected chi connectivity index (χ1v) is 9.47. The molecule has 2 aromatic rings. The zero-order chi connectivity index (χ0) is 16.2. The van der Waals surface area contributed by atoms with Crippen LogP contribution in [0.2, 0.25) is 0 Å². The normalized spacial score (nSPS) is 15.3. The molecule has 23 heavy (non-hydrogen) atoms. The van der Waals surface area contributed by atoms with E-state index in [1.807, 2.05) is 6.07 Å². The number of thioether (sulfide) groups is 1. The van der Waals surface area contributed by atoms with Crippen molar-refractivity contribution in [3.05, 3.63) is 36.0 Å². The topological polar surface area (TPSA) is 49.8 Å². The maximum atomic E-state index is 4.70. The van der Waals surface area contributed by atoms with E-state index in [4.69, 9.17) is 4.98 Å². The van der Waals surface area contributed by atoms with Gasteiger partial charge in [0.15, 0.2) is 0 Å². The van der Waals surface area contributed by atoms with Crippen molar-refractivity contribution in [2.24, 2.45) is 0 Å². The van der Waals surface area contributed by atoms with Gasteiger partial charge in [-0.3, -0.25) is 0 Å². The SMILES string of the molecule is CC[C@@H](C)Nc1nc(Nc2ccccc2SC)cc(C2CC2)n1. The molecular weight excluding hydrogens is 304 g/mol. The largest absolute Gasteiger partial charge is 0.352 e. The summed E-state index contributed by atoms with van der Waals surface area (Å²) in [5.74, 6) is 2.20. The van der Waals surface area contributed by atoms with Gasteiger partial charge in [-0.05, 0) is 44.6 Å². The predicted octanol–water partition coefficient (Wildman–Crippen LogP) is 5.03. The predicted molar refractivity (Wildman–Crippen MR) is 98.9 cm³/mol. The summed E-state index contributed by atoms with van der Waals surface area (Å²) < 4.78 is 0. The van der Waals surface area contributed by atoms with Crippen molar-refractivity contribution in [1.82, 2.24) is 9.97 Å². The van der Waals surface area contributed by atoms with Crippen molar-refractivity contribution in [3.8, 4) is 0 Å². The summed E-state index contributed by atoms with van der Waals surface area (Å²) in [6.07, 6.45) is 5.61. The first-order valence-electron chi connectivity index (χ1n) is 8.25. The van der Waals surface area contributed by atoms with E-state index in [0.29, 0.717) is 12.0 Å². The molecule has 5 heteroatoms. The van der Waals surface area contributed by atoms with Crippen molar-refractivity contribution >= 4 is 29.2 Å². The Balaban J connectivity index is 1.88. The second-order valence-corrected chi connectivity index (χ2v) is 6.90. The molecule has 4 nitrogen and oxygen atoms in total. The van der Waals surface area contributed by atoms with Crippen LogP contribution >= 0.6 is 11.8 Å². The molecule has 1 fully saturated rings. The fourth-order valence-electron chi connectivity index (χ4n) is 2.39. The van der Waals surface area contributed by atoms with E-state index in [2.05, 4.69) is 60.0 Å². The Labute approximate surface area is 142 Å². The number of rotatable bonds is 7. The van der Waals surface area contributed by atoms with Gasteiger partial charge < -0.3 is 10.6 Å². The van der Waals surface area contributed by atoms with Gasteiger partial charge in [-0.25, -0.2) is 4.98 Å². The highest BCUT2D eigenvalue weighted by atomic mass is 32.2. The van der Waals surface area contributed by atoms with Crippen LogP contribution < -0.4 is 10.6 Å². The fourth-order valence-corrected chi connectivity index (χ4v) is 2.94. The minimum atomic E-state index is 0.371. The van der Waals surface area contributed by atoms with Gasteiger partial charge in [-0.15, -0.1) is 11.8 Å². The van der Waals surface area contributed by atoms with E-state index in [0.717, 1.165) is 29.6 Å². The third-order valence-electron chi connectivity index (χ3n) is 4.10. The molecule has 1 atom stereocenters. The lowest BCUT2D eigenvalue weighted by Gasteiger charge is -2.15. The summed E-state index contributed by atoms with van der Waals surface area (Å²) in [5.41, 5.74) is 2.24. The number of nitrogens with one attached hydrogen (secondary N) is 2. The maximum Gasteiger partial charge on any atom is 0.225 e. The van der Waals surface area contributed by atoms with E-state index >= 15 is 0 Å². The molecule has 0 aliphatic heterocycles. The average molecular weight is 328 g/mol. The molecule has 122 valence electrons. The van der Waals surface area contributed by atoms with Crippen molar-refractivity contribution in [1.29, 1.82) is 0 Å². The van der Waals surface area contributed by atoms with Crippen LogP contribution in [0.15, 0.2) is 35.2 Å².